The molecule has 0 bridgehead atoms. The summed E-state index contributed by atoms with van der Waals surface area (Å²) in [5.74, 6) is 0. The van der Waals surface area contributed by atoms with Crippen LogP contribution in [0.1, 0.15) is 13.8 Å². The van der Waals surface area contributed by atoms with Crippen molar-refractivity contribution in [3.05, 3.63) is 29.3 Å². The summed E-state index contributed by atoms with van der Waals surface area (Å²) in [7, 11) is -3.46. The first kappa shape index (κ1) is 13.8. The van der Waals surface area contributed by atoms with Gasteiger partial charge in [0.05, 0.1) is 4.90 Å². The average molecular weight is 289 g/mol. The van der Waals surface area contributed by atoms with Crippen LogP contribution in [0.2, 0.25) is 5.02 Å². The molecular weight excluding hydrogens is 272 g/mol. The van der Waals surface area contributed by atoms with Gasteiger partial charge in [-0.15, -0.1) is 0 Å². The van der Waals surface area contributed by atoms with Gasteiger partial charge >= 0.3 is 0 Å². The van der Waals surface area contributed by atoms with Crippen molar-refractivity contribution in [1.29, 1.82) is 0 Å². The summed E-state index contributed by atoms with van der Waals surface area (Å²) < 4.78 is 26.6. The number of benzene rings is 1. The van der Waals surface area contributed by atoms with Gasteiger partial charge in [-0.1, -0.05) is 17.7 Å². The minimum atomic E-state index is -3.46. The van der Waals surface area contributed by atoms with E-state index in [-0.39, 0.29) is 17.0 Å². The van der Waals surface area contributed by atoms with Crippen LogP contribution in [-0.2, 0) is 10.0 Å². The third-order valence-corrected chi connectivity index (χ3v) is 5.32. The van der Waals surface area contributed by atoms with E-state index in [9.17, 15) is 8.42 Å². The maximum absolute atomic E-state index is 12.5. The molecule has 1 N–H and O–H groups in total. The van der Waals surface area contributed by atoms with Gasteiger partial charge in [0.15, 0.2) is 0 Å². The highest BCUT2D eigenvalue weighted by Crippen LogP contribution is 2.22. The Hall–Kier alpha value is -0.620. The molecule has 4 nitrogen and oxygen atoms in total. The zero-order valence-corrected chi connectivity index (χ0v) is 12.0. The highest BCUT2D eigenvalue weighted by atomic mass is 35.5. The molecule has 0 saturated carbocycles. The zero-order chi connectivity index (χ0) is 13.3. The summed E-state index contributed by atoms with van der Waals surface area (Å²) in [5.41, 5.74) is 0. The Kier molecular flexibility index (Phi) is 3.96. The fourth-order valence-electron chi connectivity index (χ4n) is 2.09. The minimum Gasteiger partial charge on any atom is -0.311 e. The van der Waals surface area contributed by atoms with Gasteiger partial charge in [0.1, 0.15) is 0 Å². The maximum atomic E-state index is 12.5. The van der Waals surface area contributed by atoms with E-state index >= 15 is 0 Å². The Balaban J connectivity index is 2.35. The van der Waals surface area contributed by atoms with Crippen LogP contribution in [-0.4, -0.2) is 37.9 Å². The molecule has 0 amide bonds. The van der Waals surface area contributed by atoms with E-state index in [0.29, 0.717) is 18.1 Å². The van der Waals surface area contributed by atoms with Crippen LogP contribution in [0.15, 0.2) is 29.2 Å². The topological polar surface area (TPSA) is 49.4 Å². The Morgan fingerprint density at radius 2 is 2.11 bits per heavy atom. The molecule has 0 aromatic heterocycles. The van der Waals surface area contributed by atoms with Crippen LogP contribution < -0.4 is 5.32 Å². The summed E-state index contributed by atoms with van der Waals surface area (Å²) in [4.78, 5) is 0.260. The van der Waals surface area contributed by atoms with Crippen LogP contribution in [0.3, 0.4) is 0 Å². The highest BCUT2D eigenvalue weighted by Gasteiger charge is 2.33. The van der Waals surface area contributed by atoms with Gasteiger partial charge < -0.3 is 5.32 Å². The molecule has 1 fully saturated rings. The first-order valence-electron chi connectivity index (χ1n) is 5.92. The van der Waals surface area contributed by atoms with Crippen molar-refractivity contribution in [3.8, 4) is 0 Å². The van der Waals surface area contributed by atoms with Gasteiger partial charge in [0, 0.05) is 30.2 Å². The molecule has 2 unspecified atom stereocenters. The number of nitrogens with one attached hydrogen (secondary N) is 1. The van der Waals surface area contributed by atoms with Gasteiger partial charge in [-0.2, -0.15) is 4.31 Å². The monoisotopic (exact) mass is 288 g/mol. The van der Waals surface area contributed by atoms with E-state index in [1.165, 1.54) is 6.07 Å². The van der Waals surface area contributed by atoms with E-state index in [0.717, 1.165) is 0 Å². The Labute approximate surface area is 113 Å². The molecule has 0 spiro atoms. The van der Waals surface area contributed by atoms with Gasteiger partial charge in [-0.3, -0.25) is 0 Å². The van der Waals surface area contributed by atoms with Crippen molar-refractivity contribution in [1.82, 2.24) is 9.62 Å². The molecule has 1 saturated heterocycles. The molecule has 1 aliphatic heterocycles. The van der Waals surface area contributed by atoms with Crippen molar-refractivity contribution in [2.24, 2.45) is 0 Å². The van der Waals surface area contributed by atoms with Crippen LogP contribution in [0.4, 0.5) is 0 Å². The number of sulfonamides is 1. The van der Waals surface area contributed by atoms with Crippen molar-refractivity contribution < 1.29 is 8.42 Å². The zero-order valence-electron chi connectivity index (χ0n) is 10.4. The molecular formula is C12H17ClN2O2S. The predicted octanol–water partition coefficient (Wildman–Crippen LogP) is 1.71. The largest absolute Gasteiger partial charge is 0.311 e. The smallest absolute Gasteiger partial charge is 0.243 e. The van der Waals surface area contributed by atoms with E-state index in [2.05, 4.69) is 5.32 Å². The lowest BCUT2D eigenvalue weighted by atomic mass is 10.2. The molecule has 0 radical (unpaired) electrons. The van der Waals surface area contributed by atoms with Gasteiger partial charge in [-0.25, -0.2) is 8.42 Å². The summed E-state index contributed by atoms with van der Waals surface area (Å²) in [5, 5.41) is 3.70. The van der Waals surface area contributed by atoms with Crippen molar-refractivity contribution >= 4 is 21.6 Å². The second-order valence-electron chi connectivity index (χ2n) is 4.69. The molecule has 1 aromatic carbocycles. The maximum Gasteiger partial charge on any atom is 0.243 e. The normalized spacial score (nSPS) is 26.2. The fourth-order valence-corrected chi connectivity index (χ4v) is 4.11. The van der Waals surface area contributed by atoms with Crippen LogP contribution in [0.25, 0.3) is 0 Å². The quantitative estimate of drug-likeness (QED) is 0.901. The lowest BCUT2D eigenvalue weighted by Gasteiger charge is -2.36. The first-order valence-corrected chi connectivity index (χ1v) is 7.74. The molecule has 2 rings (SSSR count). The first-order chi connectivity index (χ1) is 8.41. The molecule has 0 aliphatic carbocycles. The Morgan fingerprint density at radius 3 is 2.78 bits per heavy atom. The minimum absolute atomic E-state index is 0.0508. The molecule has 1 heterocycles. The van der Waals surface area contributed by atoms with Crippen molar-refractivity contribution in [2.75, 3.05) is 13.1 Å². The number of halogens is 1. The fraction of sp³-hybridized carbons (Fsp3) is 0.500. The lowest BCUT2D eigenvalue weighted by molar-refractivity contribution is 0.244. The second-order valence-corrected chi connectivity index (χ2v) is 7.02. The summed E-state index contributed by atoms with van der Waals surface area (Å²) in [6, 6.07) is 6.52. The molecule has 1 aromatic rings. The Morgan fingerprint density at radius 1 is 1.39 bits per heavy atom. The van der Waals surface area contributed by atoms with E-state index in [1.807, 2.05) is 13.8 Å². The van der Waals surface area contributed by atoms with Crippen molar-refractivity contribution in [2.45, 2.75) is 30.8 Å². The van der Waals surface area contributed by atoms with Crippen LogP contribution in [0.5, 0.6) is 0 Å². The summed E-state index contributed by atoms with van der Waals surface area (Å²) in [6.45, 7) is 5.03. The standard InChI is InChI=1S/C12H17ClN2O2S/c1-9-8-15(10(2)7-14-9)18(16,17)12-5-3-4-11(13)6-12/h3-6,9-10,14H,7-8H2,1-2H3. The summed E-state index contributed by atoms with van der Waals surface area (Å²) >= 11 is 5.86. The van der Waals surface area contributed by atoms with Gasteiger partial charge in [0.2, 0.25) is 10.0 Å². The van der Waals surface area contributed by atoms with E-state index < -0.39 is 10.0 Å². The molecule has 2 atom stereocenters. The molecule has 1 aliphatic rings. The van der Waals surface area contributed by atoms with Crippen molar-refractivity contribution in [3.63, 3.8) is 0 Å². The number of piperazine rings is 1. The van der Waals surface area contributed by atoms with Gasteiger partial charge in [-0.05, 0) is 32.0 Å². The highest BCUT2D eigenvalue weighted by molar-refractivity contribution is 7.89. The number of rotatable bonds is 2. The average Bonchev–Trinajstić information content (AvgIpc) is 2.32. The predicted molar refractivity (Wildman–Crippen MR) is 72.3 cm³/mol. The number of nitrogens with zero attached hydrogens (tertiary/aromatic N) is 1. The van der Waals surface area contributed by atoms with Gasteiger partial charge in [0.25, 0.3) is 0 Å². The van der Waals surface area contributed by atoms with Crippen LogP contribution in [0, 0.1) is 0 Å². The number of hydrogen-bond donors (Lipinski definition) is 1. The third-order valence-electron chi connectivity index (χ3n) is 3.11. The molecule has 18 heavy (non-hydrogen) atoms. The lowest BCUT2D eigenvalue weighted by Crippen LogP contribution is -2.56. The van der Waals surface area contributed by atoms with E-state index in [1.54, 1.807) is 22.5 Å². The summed E-state index contributed by atoms with van der Waals surface area (Å²) in [6.07, 6.45) is 0. The third kappa shape index (κ3) is 2.69. The SMILES string of the molecule is CC1CN(S(=O)(=O)c2cccc(Cl)c2)C(C)CN1. The molecule has 6 heteroatoms. The van der Waals surface area contributed by atoms with Crippen LogP contribution >= 0.6 is 11.6 Å². The van der Waals surface area contributed by atoms with E-state index in [4.69, 9.17) is 11.6 Å². The Bertz CT molecular complexity index is 533. The second kappa shape index (κ2) is 5.17. The molecule has 100 valence electrons. The number of hydrogen-bond acceptors (Lipinski definition) is 3.